The molecule has 1 aromatic rings. The van der Waals surface area contributed by atoms with Crippen molar-refractivity contribution in [3.8, 4) is 5.88 Å². The quantitative estimate of drug-likeness (QED) is 0.394. The van der Waals surface area contributed by atoms with Crippen molar-refractivity contribution in [2.24, 2.45) is 0 Å². The van der Waals surface area contributed by atoms with E-state index < -0.39 is 12.3 Å². The minimum Gasteiger partial charge on any atom is -0.477 e. The largest absolute Gasteiger partial charge is 0.477 e. The van der Waals surface area contributed by atoms with Gasteiger partial charge in [0.25, 0.3) is 6.29 Å². The summed E-state index contributed by atoms with van der Waals surface area (Å²) in [4.78, 5) is 14.3. The highest BCUT2D eigenvalue weighted by Crippen LogP contribution is 2.10. The maximum atomic E-state index is 10.4. The Morgan fingerprint density at radius 2 is 2.33 bits per heavy atom. The molecule has 0 bridgehead atoms. The van der Waals surface area contributed by atoms with E-state index in [1.807, 2.05) is 0 Å². The molecular formula is C8H11BN2O4. The van der Waals surface area contributed by atoms with E-state index in [0.29, 0.717) is 16.8 Å². The molecule has 0 radical (unpaired) electrons. The number of aromatic nitrogens is 1. The van der Waals surface area contributed by atoms with Crippen LogP contribution in [0.1, 0.15) is 5.69 Å². The second-order valence-corrected chi connectivity index (χ2v) is 3.09. The molecule has 7 heteroatoms. The predicted molar refractivity (Wildman–Crippen MR) is 55.8 cm³/mol. The fourth-order valence-corrected chi connectivity index (χ4v) is 1.00. The first kappa shape index (κ1) is 11.3. The van der Waals surface area contributed by atoms with Gasteiger partial charge in [-0.2, -0.15) is 0 Å². The van der Waals surface area contributed by atoms with Gasteiger partial charge in [-0.3, -0.25) is 0 Å². The lowest BCUT2D eigenvalue weighted by Crippen LogP contribution is -2.29. The summed E-state index contributed by atoms with van der Waals surface area (Å²) in [7, 11) is 1.63. The predicted octanol–water partition coefficient (Wildman–Crippen LogP) is -1.99. The van der Waals surface area contributed by atoms with Crippen molar-refractivity contribution in [3.63, 3.8) is 0 Å². The summed E-state index contributed by atoms with van der Waals surface area (Å²) in [6.07, 6.45) is -1.93. The molecule has 80 valence electrons. The Labute approximate surface area is 87.1 Å². The number of nitrogens with zero attached hydrogens (tertiary/aromatic N) is 1. The third-order valence-electron chi connectivity index (χ3n) is 1.83. The fourth-order valence-electron chi connectivity index (χ4n) is 1.00. The minimum atomic E-state index is -1.93. The van der Waals surface area contributed by atoms with Crippen LogP contribution in [0.4, 0.5) is 5.69 Å². The summed E-state index contributed by atoms with van der Waals surface area (Å²) >= 11 is 0. The number of aryl methyl sites for hydroxylation is 1. The monoisotopic (exact) mass is 210 g/mol. The smallest absolute Gasteiger partial charge is 0.373 e. The van der Waals surface area contributed by atoms with Crippen LogP contribution in [-0.2, 0) is 4.79 Å². The van der Waals surface area contributed by atoms with Gasteiger partial charge in [0.1, 0.15) is 7.85 Å². The maximum absolute atomic E-state index is 10.4. The first-order valence-corrected chi connectivity index (χ1v) is 4.23. The molecule has 0 saturated heterocycles. The Morgan fingerprint density at radius 3 is 2.87 bits per heavy atom. The van der Waals surface area contributed by atoms with E-state index in [-0.39, 0.29) is 5.88 Å². The number of nitrogens with two attached hydrogens (primary N) is 1. The summed E-state index contributed by atoms with van der Waals surface area (Å²) in [6, 6.07) is 1.63. The molecule has 4 N–H and O–H groups in total. The normalized spacial score (nSPS) is 12.1. The summed E-state index contributed by atoms with van der Waals surface area (Å²) in [5, 5.41) is 17.4. The molecule has 1 rings (SSSR count). The van der Waals surface area contributed by atoms with Gasteiger partial charge in [0.15, 0.2) is 0 Å². The third kappa shape index (κ3) is 2.60. The van der Waals surface area contributed by atoms with E-state index in [1.54, 1.807) is 20.8 Å². The Morgan fingerprint density at radius 1 is 1.73 bits per heavy atom. The van der Waals surface area contributed by atoms with Crippen molar-refractivity contribution >= 4 is 25.0 Å². The van der Waals surface area contributed by atoms with Gasteiger partial charge in [0.2, 0.25) is 5.88 Å². The second kappa shape index (κ2) is 4.18. The van der Waals surface area contributed by atoms with Crippen LogP contribution >= 0.6 is 0 Å². The molecule has 6 nitrogen and oxygen atoms in total. The van der Waals surface area contributed by atoms with Gasteiger partial charge in [-0.05, 0) is 18.5 Å². The van der Waals surface area contributed by atoms with Crippen molar-refractivity contribution in [2.45, 2.75) is 13.2 Å². The molecule has 0 aliphatic rings. The second-order valence-electron chi connectivity index (χ2n) is 3.09. The molecule has 1 atom stereocenters. The highest BCUT2D eigenvalue weighted by atomic mass is 16.6. The van der Waals surface area contributed by atoms with Gasteiger partial charge in [-0.25, -0.2) is 9.78 Å². The minimum absolute atomic E-state index is 0.0300. The van der Waals surface area contributed by atoms with E-state index in [1.165, 1.54) is 0 Å². The highest BCUT2D eigenvalue weighted by molar-refractivity contribution is 6.37. The van der Waals surface area contributed by atoms with Gasteiger partial charge >= 0.3 is 5.97 Å². The number of hydrogen-bond acceptors (Lipinski definition) is 5. The van der Waals surface area contributed by atoms with Crippen LogP contribution in [0.3, 0.4) is 0 Å². The molecule has 1 heterocycles. The molecule has 1 aromatic heterocycles. The average molecular weight is 210 g/mol. The number of pyridine rings is 1. The zero-order chi connectivity index (χ0) is 11.6. The van der Waals surface area contributed by atoms with Crippen LogP contribution in [0, 0.1) is 6.92 Å². The number of ether oxygens (including phenoxy) is 1. The van der Waals surface area contributed by atoms with Gasteiger partial charge in [0, 0.05) is 11.4 Å². The molecule has 0 aromatic carbocycles. The number of carbonyl (C=O) groups is 1. The standard InChI is InChI=1S/C8H11BN2O4/c1-3-2-4(10)5(9)6(11-3)15-8(14)7(12)13/h2,8,14H,9H2,1H3,(H2,10,11)(H,12,13). The average Bonchev–Trinajstić information content (AvgIpc) is 2.13. The molecule has 0 saturated carbocycles. The lowest BCUT2D eigenvalue weighted by Gasteiger charge is -2.12. The summed E-state index contributed by atoms with van der Waals surface area (Å²) in [5.74, 6) is -1.45. The number of hydrogen-bond donors (Lipinski definition) is 3. The molecule has 0 amide bonds. The molecule has 1 unspecified atom stereocenters. The molecular weight excluding hydrogens is 199 g/mol. The summed E-state index contributed by atoms with van der Waals surface area (Å²) in [6.45, 7) is 1.69. The van der Waals surface area contributed by atoms with Crippen molar-refractivity contribution in [1.82, 2.24) is 4.98 Å². The van der Waals surface area contributed by atoms with Crippen molar-refractivity contribution in [2.75, 3.05) is 5.73 Å². The van der Waals surface area contributed by atoms with Gasteiger partial charge in [0.05, 0.1) is 0 Å². The number of nitrogen functional groups attached to an aromatic ring is 1. The Balaban J connectivity index is 2.99. The lowest BCUT2D eigenvalue weighted by atomic mass is 9.95. The maximum Gasteiger partial charge on any atom is 0.373 e. The molecule has 0 aliphatic carbocycles. The van der Waals surface area contributed by atoms with E-state index >= 15 is 0 Å². The van der Waals surface area contributed by atoms with Gasteiger partial charge in [-0.1, -0.05) is 0 Å². The van der Waals surface area contributed by atoms with Gasteiger partial charge < -0.3 is 20.7 Å². The fraction of sp³-hybridized carbons (Fsp3) is 0.250. The highest BCUT2D eigenvalue weighted by Gasteiger charge is 2.17. The number of carboxylic acids is 1. The van der Waals surface area contributed by atoms with Crippen molar-refractivity contribution < 1.29 is 19.7 Å². The molecule has 0 spiro atoms. The van der Waals surface area contributed by atoms with Crippen LogP contribution in [0.5, 0.6) is 5.88 Å². The van der Waals surface area contributed by atoms with Crippen LogP contribution in [-0.4, -0.2) is 35.3 Å². The Hall–Kier alpha value is -1.76. The van der Waals surface area contributed by atoms with Crippen LogP contribution in [0.15, 0.2) is 6.07 Å². The lowest BCUT2D eigenvalue weighted by molar-refractivity contribution is -0.162. The van der Waals surface area contributed by atoms with Crippen LogP contribution in [0.25, 0.3) is 0 Å². The molecule has 0 fully saturated rings. The van der Waals surface area contributed by atoms with Gasteiger partial charge in [-0.15, -0.1) is 0 Å². The third-order valence-corrected chi connectivity index (χ3v) is 1.83. The number of carboxylic acid groups (broad SMARTS) is 1. The first-order chi connectivity index (χ1) is 6.91. The summed E-state index contributed by atoms with van der Waals surface area (Å²) < 4.78 is 4.73. The van der Waals surface area contributed by atoms with Crippen molar-refractivity contribution in [3.05, 3.63) is 11.8 Å². The van der Waals surface area contributed by atoms with Crippen LogP contribution in [0.2, 0.25) is 0 Å². The summed E-state index contributed by atoms with van der Waals surface area (Å²) in [5.41, 5.74) is 7.15. The number of aliphatic hydroxyl groups is 1. The number of aliphatic carboxylic acids is 1. The first-order valence-electron chi connectivity index (χ1n) is 4.23. The van der Waals surface area contributed by atoms with Crippen molar-refractivity contribution in [1.29, 1.82) is 0 Å². The van der Waals surface area contributed by atoms with E-state index in [4.69, 9.17) is 20.7 Å². The number of anilines is 1. The topological polar surface area (TPSA) is 106 Å². The van der Waals surface area contributed by atoms with E-state index in [0.717, 1.165) is 0 Å². The molecule has 15 heavy (non-hydrogen) atoms. The van der Waals surface area contributed by atoms with E-state index in [9.17, 15) is 4.79 Å². The Bertz CT molecular complexity index is 396. The van der Waals surface area contributed by atoms with E-state index in [2.05, 4.69) is 4.98 Å². The van der Waals surface area contributed by atoms with Crippen LogP contribution < -0.4 is 15.9 Å². The Kier molecular flexibility index (Phi) is 3.16. The molecule has 0 aliphatic heterocycles. The zero-order valence-corrected chi connectivity index (χ0v) is 8.39. The SMILES string of the molecule is Bc1c(N)cc(C)nc1OC(O)C(=O)O. The number of rotatable bonds is 3. The number of aliphatic hydroxyl groups excluding tert-OH is 1. The zero-order valence-electron chi connectivity index (χ0n) is 8.39.